The summed E-state index contributed by atoms with van der Waals surface area (Å²) in [7, 11) is 3.29. The molecular formula is C28H29NO3. The second kappa shape index (κ2) is 9.43. The maximum atomic E-state index is 12.0. The van der Waals surface area contributed by atoms with Crippen molar-refractivity contribution in [1.29, 1.82) is 0 Å². The third kappa shape index (κ3) is 4.77. The molecule has 0 aliphatic rings. The number of benzene rings is 4. The van der Waals surface area contributed by atoms with Crippen molar-refractivity contribution in [1.82, 2.24) is 0 Å². The Kier molecular flexibility index (Phi) is 6.45. The van der Waals surface area contributed by atoms with Gasteiger partial charge in [-0.2, -0.15) is 0 Å². The molecule has 0 spiro atoms. The first kappa shape index (κ1) is 21.9. The van der Waals surface area contributed by atoms with Crippen molar-refractivity contribution < 1.29 is 14.6 Å². The molecule has 0 saturated heterocycles. The fourth-order valence-electron chi connectivity index (χ4n) is 4.19. The second-order valence-electron chi connectivity index (χ2n) is 8.24. The highest BCUT2D eigenvalue weighted by atomic mass is 16.5. The highest BCUT2D eigenvalue weighted by Gasteiger charge is 2.36. The van der Waals surface area contributed by atoms with E-state index in [4.69, 9.17) is 15.2 Å². The topological polar surface area (TPSA) is 64.7 Å². The first-order chi connectivity index (χ1) is 15.5. The van der Waals surface area contributed by atoms with Gasteiger partial charge in [-0.05, 0) is 57.8 Å². The molecule has 0 aliphatic heterocycles. The predicted molar refractivity (Wildman–Crippen MR) is 129 cm³/mol. The average molecular weight is 428 g/mol. The van der Waals surface area contributed by atoms with Gasteiger partial charge >= 0.3 is 0 Å². The van der Waals surface area contributed by atoms with Crippen molar-refractivity contribution in [2.45, 2.75) is 24.5 Å². The van der Waals surface area contributed by atoms with Crippen molar-refractivity contribution in [3.05, 3.63) is 108 Å². The van der Waals surface area contributed by atoms with E-state index < -0.39 is 11.6 Å². The highest BCUT2D eigenvalue weighted by molar-refractivity contribution is 5.83. The van der Waals surface area contributed by atoms with E-state index in [1.165, 1.54) is 0 Å². The molecule has 0 saturated carbocycles. The molecule has 0 aliphatic carbocycles. The molecule has 4 aromatic carbocycles. The molecule has 164 valence electrons. The summed E-state index contributed by atoms with van der Waals surface area (Å²) in [6.45, 7) is 0. The lowest BCUT2D eigenvalue weighted by Crippen LogP contribution is -2.45. The van der Waals surface area contributed by atoms with Crippen molar-refractivity contribution >= 4 is 10.8 Å². The molecule has 4 aromatic rings. The first-order valence-electron chi connectivity index (χ1n) is 10.7. The van der Waals surface area contributed by atoms with Crippen LogP contribution in [0.4, 0.5) is 0 Å². The van der Waals surface area contributed by atoms with Crippen molar-refractivity contribution in [3.8, 4) is 11.5 Å². The van der Waals surface area contributed by atoms with Crippen LogP contribution in [0, 0.1) is 0 Å². The Morgan fingerprint density at radius 2 is 1.22 bits per heavy atom. The summed E-state index contributed by atoms with van der Waals surface area (Å²) in [6, 6.07) is 29.3. The van der Waals surface area contributed by atoms with Gasteiger partial charge in [0.2, 0.25) is 0 Å². The molecule has 32 heavy (non-hydrogen) atoms. The number of hydrogen-bond donors (Lipinski definition) is 2. The molecule has 1 atom stereocenters. The SMILES string of the molecule is COc1ccc(CC(O)(Cc2ccc(OC)cc2)[C@H](N)c2ccc3ccccc3c2)cc1. The van der Waals surface area contributed by atoms with Gasteiger partial charge in [-0.15, -0.1) is 0 Å². The zero-order valence-electron chi connectivity index (χ0n) is 18.5. The van der Waals surface area contributed by atoms with E-state index in [0.29, 0.717) is 12.8 Å². The minimum absolute atomic E-state index is 0.414. The van der Waals surface area contributed by atoms with E-state index in [1.54, 1.807) is 14.2 Å². The van der Waals surface area contributed by atoms with Crippen LogP contribution in [0.3, 0.4) is 0 Å². The lowest BCUT2D eigenvalue weighted by molar-refractivity contribution is 0.0137. The zero-order valence-corrected chi connectivity index (χ0v) is 18.5. The molecule has 0 unspecified atom stereocenters. The highest BCUT2D eigenvalue weighted by Crippen LogP contribution is 2.33. The van der Waals surface area contributed by atoms with Gasteiger partial charge < -0.3 is 20.3 Å². The van der Waals surface area contributed by atoms with Crippen LogP contribution in [0.5, 0.6) is 11.5 Å². The number of nitrogens with two attached hydrogens (primary N) is 1. The molecule has 0 radical (unpaired) electrons. The minimum atomic E-state index is -1.19. The van der Waals surface area contributed by atoms with Gasteiger partial charge in [0.05, 0.1) is 25.9 Å². The van der Waals surface area contributed by atoms with Crippen molar-refractivity contribution in [2.75, 3.05) is 14.2 Å². The zero-order chi connectivity index (χ0) is 22.6. The van der Waals surface area contributed by atoms with Crippen LogP contribution in [0.15, 0.2) is 91.0 Å². The summed E-state index contributed by atoms with van der Waals surface area (Å²) >= 11 is 0. The van der Waals surface area contributed by atoms with Gasteiger partial charge in [-0.25, -0.2) is 0 Å². The smallest absolute Gasteiger partial charge is 0.118 e. The lowest BCUT2D eigenvalue weighted by atomic mass is 9.79. The predicted octanol–water partition coefficient (Wildman–Crippen LogP) is 5.07. The molecule has 0 fully saturated rings. The van der Waals surface area contributed by atoms with Crippen LogP contribution < -0.4 is 15.2 Å². The van der Waals surface area contributed by atoms with Crippen LogP contribution in [-0.4, -0.2) is 24.9 Å². The van der Waals surface area contributed by atoms with Crippen LogP contribution in [-0.2, 0) is 12.8 Å². The maximum absolute atomic E-state index is 12.0. The molecule has 3 N–H and O–H groups in total. The van der Waals surface area contributed by atoms with E-state index in [1.807, 2.05) is 66.7 Å². The minimum Gasteiger partial charge on any atom is -0.497 e. The van der Waals surface area contributed by atoms with Gasteiger partial charge in [0, 0.05) is 12.8 Å². The largest absolute Gasteiger partial charge is 0.497 e. The van der Waals surface area contributed by atoms with Crippen LogP contribution >= 0.6 is 0 Å². The molecule has 0 heterocycles. The number of rotatable bonds is 8. The molecule has 4 rings (SSSR count). The monoisotopic (exact) mass is 427 g/mol. The standard InChI is InChI=1S/C28H29NO3/c1-31-25-13-7-20(8-14-25)18-28(30,19-21-9-15-26(32-2)16-10-21)27(29)24-12-11-22-5-3-4-6-23(22)17-24/h3-17,27,30H,18-19,29H2,1-2H3/t27-/m1/s1. The lowest BCUT2D eigenvalue weighted by Gasteiger charge is -2.35. The first-order valence-corrected chi connectivity index (χ1v) is 10.7. The third-order valence-corrected chi connectivity index (χ3v) is 6.05. The Morgan fingerprint density at radius 1 is 0.719 bits per heavy atom. The molecule has 0 aromatic heterocycles. The molecule has 4 heteroatoms. The molecule has 0 bridgehead atoms. The maximum Gasteiger partial charge on any atom is 0.118 e. The molecular weight excluding hydrogens is 398 g/mol. The van der Waals surface area contributed by atoms with Gasteiger partial charge in [0.25, 0.3) is 0 Å². The Morgan fingerprint density at radius 3 is 1.72 bits per heavy atom. The van der Waals surface area contributed by atoms with Gasteiger partial charge in [-0.3, -0.25) is 0 Å². The number of hydrogen-bond acceptors (Lipinski definition) is 4. The summed E-state index contributed by atoms with van der Waals surface area (Å²) < 4.78 is 10.6. The Balaban J connectivity index is 1.69. The number of ether oxygens (including phenoxy) is 2. The average Bonchev–Trinajstić information content (AvgIpc) is 2.84. The van der Waals surface area contributed by atoms with Crippen molar-refractivity contribution in [3.63, 3.8) is 0 Å². The van der Waals surface area contributed by atoms with Crippen LogP contribution in [0.1, 0.15) is 22.7 Å². The molecule has 4 nitrogen and oxygen atoms in total. The van der Waals surface area contributed by atoms with Crippen LogP contribution in [0.2, 0.25) is 0 Å². The Labute approximate surface area is 189 Å². The second-order valence-corrected chi connectivity index (χ2v) is 8.24. The number of aliphatic hydroxyl groups is 1. The summed E-state index contributed by atoms with van der Waals surface area (Å²) in [4.78, 5) is 0. The fourth-order valence-corrected chi connectivity index (χ4v) is 4.19. The number of methoxy groups -OCH3 is 2. The van der Waals surface area contributed by atoms with Crippen LogP contribution in [0.25, 0.3) is 10.8 Å². The van der Waals surface area contributed by atoms with Gasteiger partial charge in [0.15, 0.2) is 0 Å². The fraction of sp³-hybridized carbons (Fsp3) is 0.214. The Hall–Kier alpha value is -3.34. The summed E-state index contributed by atoms with van der Waals surface area (Å²) in [5.74, 6) is 1.57. The van der Waals surface area contributed by atoms with E-state index in [0.717, 1.165) is 39.0 Å². The quantitative estimate of drug-likeness (QED) is 0.412. The van der Waals surface area contributed by atoms with Gasteiger partial charge in [0.1, 0.15) is 11.5 Å². The van der Waals surface area contributed by atoms with E-state index in [-0.39, 0.29) is 0 Å². The van der Waals surface area contributed by atoms with E-state index in [2.05, 4.69) is 24.3 Å². The Bertz CT molecular complexity index is 1120. The third-order valence-electron chi connectivity index (χ3n) is 6.05. The summed E-state index contributed by atoms with van der Waals surface area (Å²) in [5.41, 5.74) is 8.49. The van der Waals surface area contributed by atoms with Crippen molar-refractivity contribution in [2.24, 2.45) is 5.73 Å². The van der Waals surface area contributed by atoms with E-state index >= 15 is 0 Å². The normalized spacial score (nSPS) is 12.5. The summed E-state index contributed by atoms with van der Waals surface area (Å²) in [6.07, 6.45) is 0.827. The molecule has 0 amide bonds. The number of fused-ring (bicyclic) bond motifs is 1. The summed E-state index contributed by atoms with van der Waals surface area (Å²) in [5, 5.41) is 14.2. The van der Waals surface area contributed by atoms with E-state index in [9.17, 15) is 5.11 Å². The van der Waals surface area contributed by atoms with Gasteiger partial charge in [-0.1, -0.05) is 60.7 Å².